The largest absolute Gasteiger partial charge is 0.462 e. The van der Waals surface area contributed by atoms with Crippen molar-refractivity contribution in [3.8, 4) is 0 Å². The molecule has 1 aliphatic rings. The number of carbonyl (C=O) groups excluding carboxylic acids is 1. The summed E-state index contributed by atoms with van der Waals surface area (Å²) in [6, 6.07) is 0. The van der Waals surface area contributed by atoms with Crippen LogP contribution in [0.5, 0.6) is 0 Å². The van der Waals surface area contributed by atoms with Crippen molar-refractivity contribution >= 4 is 5.97 Å². The molecule has 2 nitrogen and oxygen atoms in total. The van der Waals surface area contributed by atoms with Gasteiger partial charge in [-0.3, -0.25) is 4.79 Å². The maximum absolute atomic E-state index is 12.0. The quantitative estimate of drug-likeness (QED) is 0.646. The van der Waals surface area contributed by atoms with E-state index in [4.69, 9.17) is 4.74 Å². The number of carbonyl (C=O) groups is 1. The number of esters is 1. The van der Waals surface area contributed by atoms with Gasteiger partial charge in [-0.25, -0.2) is 0 Å². The van der Waals surface area contributed by atoms with Gasteiger partial charge in [0.25, 0.3) is 0 Å². The highest BCUT2D eigenvalue weighted by Gasteiger charge is 2.33. The summed E-state index contributed by atoms with van der Waals surface area (Å²) in [5.74, 6) is 2.51. The van der Waals surface area contributed by atoms with E-state index in [1.807, 2.05) is 0 Å². The van der Waals surface area contributed by atoms with Crippen LogP contribution in [-0.4, -0.2) is 12.1 Å². The molecule has 1 aliphatic carbocycles. The fraction of sp³-hybridized carbons (Fsp3) is 0.941. The predicted octanol–water partition coefficient (Wildman–Crippen LogP) is 4.82. The number of hydrogen-bond acceptors (Lipinski definition) is 2. The Bertz CT molecular complexity index is 272. The Morgan fingerprint density at radius 2 is 1.95 bits per heavy atom. The zero-order valence-electron chi connectivity index (χ0n) is 13.4. The highest BCUT2D eigenvalue weighted by Crippen LogP contribution is 2.35. The Morgan fingerprint density at radius 1 is 1.26 bits per heavy atom. The number of rotatable bonds is 6. The van der Waals surface area contributed by atoms with Crippen LogP contribution in [0, 0.1) is 23.7 Å². The molecule has 0 saturated heterocycles. The second kappa shape index (κ2) is 7.91. The highest BCUT2D eigenvalue weighted by molar-refractivity contribution is 5.69. The van der Waals surface area contributed by atoms with Crippen LogP contribution >= 0.6 is 0 Å². The fourth-order valence-electron chi connectivity index (χ4n) is 3.05. The van der Waals surface area contributed by atoms with Crippen LogP contribution in [0.1, 0.15) is 73.1 Å². The summed E-state index contributed by atoms with van der Waals surface area (Å²) >= 11 is 0. The SMILES string of the molecule is CC[C@H](C)CCC(=O)O[C@@H]1C[C@H](C)CC[C@H]1C(C)C. The normalized spacial score (nSPS) is 29.3. The van der Waals surface area contributed by atoms with Crippen molar-refractivity contribution < 1.29 is 9.53 Å². The van der Waals surface area contributed by atoms with Crippen LogP contribution in [0.3, 0.4) is 0 Å². The summed E-state index contributed by atoms with van der Waals surface area (Å²) < 4.78 is 5.79. The van der Waals surface area contributed by atoms with Crippen molar-refractivity contribution in [3.63, 3.8) is 0 Å². The first kappa shape index (κ1) is 16.5. The predicted molar refractivity (Wildman–Crippen MR) is 79.9 cm³/mol. The summed E-state index contributed by atoms with van der Waals surface area (Å²) in [5.41, 5.74) is 0. The lowest BCUT2D eigenvalue weighted by Gasteiger charge is -2.36. The molecule has 1 saturated carbocycles. The van der Waals surface area contributed by atoms with E-state index in [0.717, 1.165) is 19.3 Å². The molecule has 19 heavy (non-hydrogen) atoms. The summed E-state index contributed by atoms with van der Waals surface area (Å²) in [6.07, 6.45) is 6.40. The first-order valence-corrected chi connectivity index (χ1v) is 8.13. The molecule has 2 heteroatoms. The van der Waals surface area contributed by atoms with Crippen LogP contribution < -0.4 is 0 Å². The van der Waals surface area contributed by atoms with Crippen LogP contribution in [-0.2, 0) is 9.53 Å². The summed E-state index contributed by atoms with van der Waals surface area (Å²) in [4.78, 5) is 12.0. The Morgan fingerprint density at radius 3 is 2.53 bits per heavy atom. The van der Waals surface area contributed by atoms with Gasteiger partial charge in [0.1, 0.15) is 6.10 Å². The van der Waals surface area contributed by atoms with Crippen molar-refractivity contribution in [2.75, 3.05) is 0 Å². The molecule has 1 rings (SSSR count). The molecule has 4 atom stereocenters. The van der Waals surface area contributed by atoms with Gasteiger partial charge in [-0.05, 0) is 42.9 Å². The molecule has 0 heterocycles. The Hall–Kier alpha value is -0.530. The van der Waals surface area contributed by atoms with Gasteiger partial charge in [0.2, 0.25) is 0 Å². The Balaban J connectivity index is 2.44. The Labute approximate surface area is 119 Å². The molecule has 0 aromatic carbocycles. The average Bonchev–Trinajstić information content (AvgIpc) is 2.35. The standard InChI is InChI=1S/C17H32O2/c1-6-13(4)8-10-17(18)19-16-11-14(5)7-9-15(16)12(2)3/h12-16H,6-11H2,1-5H3/t13-,14+,15-,16+/m0/s1. The molecule has 0 bridgehead atoms. The van der Waals surface area contributed by atoms with E-state index in [1.165, 1.54) is 12.8 Å². The lowest BCUT2D eigenvalue weighted by Crippen LogP contribution is -2.35. The molecule has 0 aromatic rings. The second-order valence-corrected chi connectivity index (χ2v) is 6.91. The summed E-state index contributed by atoms with van der Waals surface area (Å²) in [6.45, 7) is 11.2. The van der Waals surface area contributed by atoms with Gasteiger partial charge in [0.15, 0.2) is 0 Å². The van der Waals surface area contributed by atoms with Gasteiger partial charge in [0, 0.05) is 6.42 Å². The van der Waals surface area contributed by atoms with Gasteiger partial charge in [0.05, 0.1) is 0 Å². The molecule has 0 amide bonds. The third-order valence-corrected chi connectivity index (χ3v) is 4.78. The first-order chi connectivity index (χ1) is 8.93. The second-order valence-electron chi connectivity index (χ2n) is 6.91. The molecule has 0 radical (unpaired) electrons. The maximum Gasteiger partial charge on any atom is 0.306 e. The average molecular weight is 268 g/mol. The molecule has 0 spiro atoms. The molecular weight excluding hydrogens is 236 g/mol. The smallest absolute Gasteiger partial charge is 0.306 e. The highest BCUT2D eigenvalue weighted by atomic mass is 16.5. The van der Waals surface area contributed by atoms with Crippen LogP contribution in [0.15, 0.2) is 0 Å². The van der Waals surface area contributed by atoms with Crippen molar-refractivity contribution in [2.24, 2.45) is 23.7 Å². The number of hydrogen-bond donors (Lipinski definition) is 0. The molecule has 0 N–H and O–H groups in total. The van der Waals surface area contributed by atoms with Gasteiger partial charge in [-0.1, -0.05) is 47.5 Å². The molecule has 112 valence electrons. The van der Waals surface area contributed by atoms with Crippen molar-refractivity contribution in [1.82, 2.24) is 0 Å². The van der Waals surface area contributed by atoms with Gasteiger partial charge in [-0.15, -0.1) is 0 Å². The van der Waals surface area contributed by atoms with Crippen LogP contribution in [0.25, 0.3) is 0 Å². The third kappa shape index (κ3) is 5.54. The van der Waals surface area contributed by atoms with Crippen LogP contribution in [0.4, 0.5) is 0 Å². The van der Waals surface area contributed by atoms with Gasteiger partial charge >= 0.3 is 5.97 Å². The fourth-order valence-corrected chi connectivity index (χ4v) is 3.05. The molecule has 0 aliphatic heterocycles. The van der Waals surface area contributed by atoms with Crippen molar-refractivity contribution in [3.05, 3.63) is 0 Å². The maximum atomic E-state index is 12.0. The van der Waals surface area contributed by atoms with E-state index in [0.29, 0.717) is 30.1 Å². The number of ether oxygens (including phenoxy) is 1. The monoisotopic (exact) mass is 268 g/mol. The molecule has 0 unspecified atom stereocenters. The molecular formula is C17H32O2. The topological polar surface area (TPSA) is 26.3 Å². The summed E-state index contributed by atoms with van der Waals surface area (Å²) in [7, 11) is 0. The van der Waals surface area contributed by atoms with E-state index < -0.39 is 0 Å². The van der Waals surface area contributed by atoms with Crippen LogP contribution in [0.2, 0.25) is 0 Å². The van der Waals surface area contributed by atoms with E-state index in [-0.39, 0.29) is 12.1 Å². The minimum absolute atomic E-state index is 0.0186. The van der Waals surface area contributed by atoms with Gasteiger partial charge in [-0.2, -0.15) is 0 Å². The first-order valence-electron chi connectivity index (χ1n) is 8.13. The zero-order valence-corrected chi connectivity index (χ0v) is 13.4. The molecule has 0 aromatic heterocycles. The van der Waals surface area contributed by atoms with Crippen molar-refractivity contribution in [1.29, 1.82) is 0 Å². The summed E-state index contributed by atoms with van der Waals surface area (Å²) in [5, 5.41) is 0. The lowest BCUT2D eigenvalue weighted by atomic mass is 9.75. The zero-order chi connectivity index (χ0) is 14.4. The lowest BCUT2D eigenvalue weighted by molar-refractivity contribution is -0.156. The third-order valence-electron chi connectivity index (χ3n) is 4.78. The Kier molecular flexibility index (Phi) is 6.88. The van der Waals surface area contributed by atoms with Gasteiger partial charge < -0.3 is 4.74 Å². The van der Waals surface area contributed by atoms with E-state index >= 15 is 0 Å². The van der Waals surface area contributed by atoms with E-state index in [1.54, 1.807) is 0 Å². The van der Waals surface area contributed by atoms with E-state index in [9.17, 15) is 4.79 Å². The van der Waals surface area contributed by atoms with Crippen molar-refractivity contribution in [2.45, 2.75) is 79.2 Å². The minimum atomic E-state index is 0.0186. The minimum Gasteiger partial charge on any atom is -0.462 e. The van der Waals surface area contributed by atoms with E-state index in [2.05, 4.69) is 34.6 Å². The molecule has 1 fully saturated rings.